The molecule has 2 aromatic carbocycles. The molecule has 0 bridgehead atoms. The molecule has 0 saturated carbocycles. The highest BCUT2D eigenvalue weighted by atomic mass is 16.6. The van der Waals surface area contributed by atoms with E-state index in [9.17, 15) is 19.7 Å². The van der Waals surface area contributed by atoms with E-state index in [4.69, 9.17) is 4.74 Å². The predicted octanol–water partition coefficient (Wildman–Crippen LogP) is 5.15. The number of nitrogens with one attached hydrogen (secondary N) is 1. The fraction of sp³-hybridized carbons (Fsp3) is 0.387. The van der Waals surface area contributed by atoms with Crippen molar-refractivity contribution in [3.8, 4) is 11.1 Å². The first-order valence-corrected chi connectivity index (χ1v) is 13.6. The topological polar surface area (TPSA) is 115 Å². The number of likely N-dealkylation sites (tertiary alicyclic amines) is 1. The molecular formula is C31H36N4O5. The summed E-state index contributed by atoms with van der Waals surface area (Å²) in [4.78, 5) is 43.1. The number of nitro groups is 1. The van der Waals surface area contributed by atoms with Gasteiger partial charge < -0.3 is 10.1 Å². The average molecular weight is 545 g/mol. The number of pyridine rings is 1. The Balaban J connectivity index is 1.35. The Hall–Kier alpha value is -4.11. The van der Waals surface area contributed by atoms with E-state index in [1.54, 1.807) is 30.5 Å². The molecule has 9 nitrogen and oxygen atoms in total. The fourth-order valence-electron chi connectivity index (χ4n) is 5.37. The zero-order valence-corrected chi connectivity index (χ0v) is 23.3. The number of amides is 1. The van der Waals surface area contributed by atoms with Gasteiger partial charge in [-0.2, -0.15) is 0 Å². The number of carbonyl (C=O) groups is 2. The van der Waals surface area contributed by atoms with Gasteiger partial charge in [0.2, 0.25) is 0 Å². The van der Waals surface area contributed by atoms with E-state index in [0.29, 0.717) is 26.0 Å². The monoisotopic (exact) mass is 544 g/mol. The highest BCUT2D eigenvalue weighted by Crippen LogP contribution is 2.39. The molecule has 1 N–H and O–H groups in total. The van der Waals surface area contributed by atoms with Crippen LogP contribution in [0.5, 0.6) is 0 Å². The fourth-order valence-corrected chi connectivity index (χ4v) is 5.37. The molecule has 0 aliphatic carbocycles. The van der Waals surface area contributed by atoms with Crippen LogP contribution in [-0.4, -0.2) is 58.5 Å². The molecule has 1 amide bonds. The normalized spacial score (nSPS) is 15.3. The van der Waals surface area contributed by atoms with Crippen molar-refractivity contribution < 1.29 is 19.2 Å². The van der Waals surface area contributed by atoms with Crippen LogP contribution >= 0.6 is 0 Å². The van der Waals surface area contributed by atoms with Crippen LogP contribution in [-0.2, 0) is 14.9 Å². The molecule has 1 fully saturated rings. The minimum atomic E-state index is -0.640. The van der Waals surface area contributed by atoms with Crippen molar-refractivity contribution in [2.45, 2.75) is 51.0 Å². The molecule has 1 aliphatic rings. The first kappa shape index (κ1) is 28.9. The van der Waals surface area contributed by atoms with E-state index in [2.05, 4.69) is 29.0 Å². The van der Waals surface area contributed by atoms with Crippen molar-refractivity contribution in [2.24, 2.45) is 0 Å². The maximum atomic E-state index is 13.1. The largest absolute Gasteiger partial charge is 0.465 e. The van der Waals surface area contributed by atoms with Gasteiger partial charge in [0, 0.05) is 43.5 Å². The van der Waals surface area contributed by atoms with E-state index in [-0.39, 0.29) is 28.8 Å². The van der Waals surface area contributed by atoms with E-state index in [1.807, 2.05) is 37.3 Å². The van der Waals surface area contributed by atoms with Crippen molar-refractivity contribution >= 4 is 17.6 Å². The van der Waals surface area contributed by atoms with E-state index < -0.39 is 10.3 Å². The van der Waals surface area contributed by atoms with Gasteiger partial charge in [0.1, 0.15) is 5.69 Å². The molecule has 1 aromatic heterocycles. The molecule has 9 heteroatoms. The zero-order chi connectivity index (χ0) is 28.8. The van der Waals surface area contributed by atoms with Crippen LogP contribution in [0.2, 0.25) is 0 Å². The van der Waals surface area contributed by atoms with Crippen LogP contribution in [0.15, 0.2) is 72.9 Å². The van der Waals surface area contributed by atoms with Gasteiger partial charge in [-0.05, 0) is 81.0 Å². The Morgan fingerprint density at radius 3 is 2.35 bits per heavy atom. The van der Waals surface area contributed by atoms with Crippen molar-refractivity contribution in [1.29, 1.82) is 0 Å². The summed E-state index contributed by atoms with van der Waals surface area (Å²) < 4.78 is 5.51. The van der Waals surface area contributed by atoms with Crippen molar-refractivity contribution in [1.82, 2.24) is 15.2 Å². The summed E-state index contributed by atoms with van der Waals surface area (Å²) in [7, 11) is 0. The van der Waals surface area contributed by atoms with Crippen LogP contribution in [0.25, 0.3) is 11.1 Å². The maximum Gasteiger partial charge on any atom is 0.316 e. The van der Waals surface area contributed by atoms with Gasteiger partial charge in [0.15, 0.2) is 0 Å². The first-order chi connectivity index (χ1) is 19.2. The van der Waals surface area contributed by atoms with Crippen LogP contribution < -0.4 is 5.32 Å². The minimum absolute atomic E-state index is 0.0127. The average Bonchev–Trinajstić information content (AvgIpc) is 2.97. The van der Waals surface area contributed by atoms with Crippen molar-refractivity contribution in [3.63, 3.8) is 0 Å². The number of non-ortho nitro benzene ring substituents is 1. The van der Waals surface area contributed by atoms with Gasteiger partial charge in [-0.1, -0.05) is 30.3 Å². The van der Waals surface area contributed by atoms with Gasteiger partial charge >= 0.3 is 5.97 Å². The molecule has 3 aromatic rings. The molecule has 40 heavy (non-hydrogen) atoms. The molecule has 0 atom stereocenters. The number of hydrogen-bond acceptors (Lipinski definition) is 7. The lowest BCUT2D eigenvalue weighted by molar-refractivity contribution is -0.384. The maximum absolute atomic E-state index is 13.1. The number of nitrogens with zero attached hydrogens (tertiary/aromatic N) is 3. The quantitative estimate of drug-likeness (QED) is 0.213. The Kier molecular flexibility index (Phi) is 8.94. The second-order valence-electron chi connectivity index (χ2n) is 10.7. The van der Waals surface area contributed by atoms with Crippen molar-refractivity contribution in [3.05, 3.63) is 94.3 Å². The third-order valence-electron chi connectivity index (χ3n) is 7.89. The number of piperidine rings is 1. The van der Waals surface area contributed by atoms with E-state index >= 15 is 0 Å². The van der Waals surface area contributed by atoms with Gasteiger partial charge in [-0.3, -0.25) is 29.6 Å². The summed E-state index contributed by atoms with van der Waals surface area (Å²) in [6.45, 7) is 8.46. The highest BCUT2D eigenvalue weighted by Gasteiger charge is 2.46. The summed E-state index contributed by atoms with van der Waals surface area (Å²) in [6, 6.07) is 19.6. The Morgan fingerprint density at radius 1 is 1.05 bits per heavy atom. The van der Waals surface area contributed by atoms with Crippen LogP contribution in [0, 0.1) is 10.1 Å². The second kappa shape index (κ2) is 12.4. The summed E-state index contributed by atoms with van der Waals surface area (Å²) in [5.74, 6) is -0.432. The van der Waals surface area contributed by atoms with Gasteiger partial charge in [-0.25, -0.2) is 0 Å². The number of benzene rings is 2. The summed E-state index contributed by atoms with van der Waals surface area (Å²) in [6.07, 6.45) is 3.63. The summed E-state index contributed by atoms with van der Waals surface area (Å²) in [5.41, 5.74) is 1.99. The Bertz CT molecular complexity index is 1330. The molecule has 0 unspecified atom stereocenters. The lowest BCUT2D eigenvalue weighted by Crippen LogP contribution is -2.55. The summed E-state index contributed by atoms with van der Waals surface area (Å²) >= 11 is 0. The zero-order valence-electron chi connectivity index (χ0n) is 23.3. The van der Waals surface area contributed by atoms with Gasteiger partial charge in [-0.15, -0.1) is 0 Å². The number of nitro benzene ring substituents is 1. The number of ether oxygens (including phenoxy) is 1. The second-order valence-corrected chi connectivity index (χ2v) is 10.7. The molecule has 1 saturated heterocycles. The number of carbonyl (C=O) groups excluding carboxylic acids is 2. The Labute approximate surface area is 234 Å². The smallest absolute Gasteiger partial charge is 0.316 e. The molecular weight excluding hydrogens is 508 g/mol. The molecule has 4 rings (SSSR count). The van der Waals surface area contributed by atoms with Crippen LogP contribution in [0.1, 0.15) is 56.1 Å². The number of rotatable bonds is 10. The Morgan fingerprint density at radius 2 is 1.73 bits per heavy atom. The molecule has 210 valence electrons. The van der Waals surface area contributed by atoms with Gasteiger partial charge in [0.25, 0.3) is 11.6 Å². The lowest BCUT2D eigenvalue weighted by Gasteiger charge is -2.47. The van der Waals surface area contributed by atoms with Crippen LogP contribution in [0.4, 0.5) is 5.69 Å². The predicted molar refractivity (Wildman–Crippen MR) is 153 cm³/mol. The molecule has 1 aliphatic heterocycles. The van der Waals surface area contributed by atoms with E-state index in [0.717, 1.165) is 36.2 Å². The lowest BCUT2D eigenvalue weighted by atomic mass is 9.72. The van der Waals surface area contributed by atoms with E-state index in [1.165, 1.54) is 12.1 Å². The molecule has 2 heterocycles. The van der Waals surface area contributed by atoms with Crippen LogP contribution in [0.3, 0.4) is 0 Å². The number of hydrogen-bond donors (Lipinski definition) is 1. The van der Waals surface area contributed by atoms with Gasteiger partial charge in [0.05, 0.1) is 16.9 Å². The first-order valence-electron chi connectivity index (χ1n) is 13.6. The standard InChI is InChI=1S/C31H36N4O5/c1-4-40-29(37)31(25-8-6-5-7-9-25)16-20-34(21-17-31)30(2,3)15-19-33-28(36)27-22-24(14-18-32-27)23-10-12-26(13-11-23)35(38)39/h5-14,18,22H,4,15-17,19-21H2,1-3H3,(H,33,36). The summed E-state index contributed by atoms with van der Waals surface area (Å²) in [5, 5.41) is 13.9. The highest BCUT2D eigenvalue weighted by molar-refractivity contribution is 5.93. The molecule has 0 spiro atoms. The third-order valence-corrected chi connectivity index (χ3v) is 7.89. The number of esters is 1. The SMILES string of the molecule is CCOC(=O)C1(c2ccccc2)CCN(C(C)(C)CCNC(=O)c2cc(-c3ccc([N+](=O)[O-])cc3)ccn2)CC1. The molecule has 0 radical (unpaired) electrons. The van der Waals surface area contributed by atoms with Crippen molar-refractivity contribution in [2.75, 3.05) is 26.2 Å². The third kappa shape index (κ3) is 6.37. The minimum Gasteiger partial charge on any atom is -0.465 e. The number of aromatic nitrogens is 1.